The zero-order valence-electron chi connectivity index (χ0n) is 17.4. The molecule has 0 bridgehead atoms. The van der Waals surface area contributed by atoms with Crippen molar-refractivity contribution in [2.24, 2.45) is 5.92 Å². The van der Waals surface area contributed by atoms with Crippen molar-refractivity contribution in [3.63, 3.8) is 0 Å². The molecule has 2 aromatic carbocycles. The van der Waals surface area contributed by atoms with E-state index in [4.69, 9.17) is 11.6 Å². The zero-order valence-corrected chi connectivity index (χ0v) is 19.0. The number of hydrogen-bond donors (Lipinski definition) is 2. The molecule has 0 aliphatic heterocycles. The van der Waals surface area contributed by atoms with Gasteiger partial charge < -0.3 is 15.5 Å². The van der Waals surface area contributed by atoms with Gasteiger partial charge in [-0.15, -0.1) is 11.8 Å². The van der Waals surface area contributed by atoms with E-state index in [9.17, 15) is 14.4 Å². The molecule has 160 valence electrons. The van der Waals surface area contributed by atoms with Crippen LogP contribution in [0.4, 0.5) is 5.69 Å². The lowest BCUT2D eigenvalue weighted by Crippen LogP contribution is -2.51. The first-order valence-corrected chi connectivity index (χ1v) is 11.1. The number of carbonyl (C=O) groups is 3. The summed E-state index contributed by atoms with van der Waals surface area (Å²) in [7, 11) is 1.55. The number of thioether (sulfide) groups is 1. The van der Waals surface area contributed by atoms with Crippen molar-refractivity contribution in [2.75, 3.05) is 25.2 Å². The third-order valence-corrected chi connectivity index (χ3v) is 5.51. The normalized spacial score (nSPS) is 11.7. The van der Waals surface area contributed by atoms with Crippen molar-refractivity contribution in [2.45, 2.75) is 24.8 Å². The van der Waals surface area contributed by atoms with Crippen molar-refractivity contribution < 1.29 is 14.4 Å². The Bertz CT molecular complexity index is 903. The quantitative estimate of drug-likeness (QED) is 0.601. The summed E-state index contributed by atoms with van der Waals surface area (Å²) in [6.45, 7) is 3.56. The van der Waals surface area contributed by atoms with Gasteiger partial charge >= 0.3 is 0 Å². The lowest BCUT2D eigenvalue weighted by Gasteiger charge is -2.27. The molecule has 0 radical (unpaired) electrons. The third-order valence-electron chi connectivity index (χ3n) is 4.46. The second-order valence-corrected chi connectivity index (χ2v) is 8.43. The van der Waals surface area contributed by atoms with Crippen LogP contribution in [-0.4, -0.2) is 48.5 Å². The molecule has 8 heteroatoms. The molecule has 0 aromatic heterocycles. The largest absolute Gasteiger partial charge is 0.340 e. The molecule has 0 fully saturated rings. The minimum absolute atomic E-state index is 0.123. The van der Waals surface area contributed by atoms with E-state index in [-0.39, 0.29) is 30.2 Å². The summed E-state index contributed by atoms with van der Waals surface area (Å²) >= 11 is 7.38. The molecule has 30 heavy (non-hydrogen) atoms. The molecule has 2 N–H and O–H groups in total. The van der Waals surface area contributed by atoms with Gasteiger partial charge in [-0.2, -0.15) is 0 Å². The number of nitrogens with one attached hydrogen (secondary N) is 2. The Labute approximate surface area is 186 Å². The number of para-hydroxylation sites is 1. The van der Waals surface area contributed by atoms with Crippen LogP contribution in [0, 0.1) is 5.92 Å². The number of carbonyl (C=O) groups excluding carboxylic acids is 3. The predicted octanol–water partition coefficient (Wildman–Crippen LogP) is 3.91. The lowest BCUT2D eigenvalue weighted by atomic mass is 10.0. The Morgan fingerprint density at radius 2 is 1.70 bits per heavy atom. The summed E-state index contributed by atoms with van der Waals surface area (Å²) in [5, 5.41) is 6.12. The van der Waals surface area contributed by atoms with Crippen molar-refractivity contribution in [3.05, 3.63) is 59.1 Å². The second kappa shape index (κ2) is 11.0. The number of halogens is 1. The van der Waals surface area contributed by atoms with E-state index in [1.807, 2.05) is 44.4 Å². The van der Waals surface area contributed by atoms with Crippen LogP contribution >= 0.6 is 23.4 Å². The molecular formula is C22H26ClN3O3S. The Hall–Kier alpha value is -2.51. The van der Waals surface area contributed by atoms with Gasteiger partial charge in [0, 0.05) is 22.5 Å². The molecule has 1 atom stereocenters. The highest BCUT2D eigenvalue weighted by atomic mass is 35.5. The minimum atomic E-state index is -0.760. The standard InChI is InChI=1S/C22H26ClN3O3S/c1-14(2)20(25-21(28)15-9-11-16(23)12-10-15)22(29)26(3)13-19(27)24-17-7-5-6-8-18(17)30-4/h5-12,14,20H,13H2,1-4H3,(H,24,27)(H,25,28). The first-order valence-electron chi connectivity index (χ1n) is 9.47. The monoisotopic (exact) mass is 447 g/mol. The first kappa shape index (κ1) is 23.8. The maximum absolute atomic E-state index is 12.9. The molecule has 6 nitrogen and oxygen atoms in total. The predicted molar refractivity (Wildman–Crippen MR) is 122 cm³/mol. The van der Waals surface area contributed by atoms with Gasteiger partial charge in [-0.3, -0.25) is 14.4 Å². The molecule has 0 aliphatic carbocycles. The topological polar surface area (TPSA) is 78.5 Å². The Morgan fingerprint density at radius 1 is 1.07 bits per heavy atom. The number of nitrogens with zero attached hydrogens (tertiary/aromatic N) is 1. The lowest BCUT2D eigenvalue weighted by molar-refractivity contribution is -0.135. The van der Waals surface area contributed by atoms with Crippen molar-refractivity contribution in [1.82, 2.24) is 10.2 Å². The summed E-state index contributed by atoms with van der Waals surface area (Å²) in [4.78, 5) is 40.2. The average molecular weight is 448 g/mol. The third kappa shape index (κ3) is 6.50. The summed E-state index contributed by atoms with van der Waals surface area (Å²) in [6, 6.07) is 13.1. The van der Waals surface area contributed by atoms with Gasteiger partial charge in [-0.05, 0) is 48.6 Å². The van der Waals surface area contributed by atoms with Crippen molar-refractivity contribution in [3.8, 4) is 0 Å². The Balaban J connectivity index is 2.02. The highest BCUT2D eigenvalue weighted by Crippen LogP contribution is 2.24. The number of benzene rings is 2. The van der Waals surface area contributed by atoms with Crippen LogP contribution in [0.1, 0.15) is 24.2 Å². The number of hydrogen-bond acceptors (Lipinski definition) is 4. The minimum Gasteiger partial charge on any atom is -0.340 e. The van der Waals surface area contributed by atoms with Crippen LogP contribution in [-0.2, 0) is 9.59 Å². The fourth-order valence-electron chi connectivity index (χ4n) is 2.81. The van der Waals surface area contributed by atoms with Gasteiger partial charge in [0.05, 0.1) is 12.2 Å². The van der Waals surface area contributed by atoms with E-state index >= 15 is 0 Å². The van der Waals surface area contributed by atoms with Crippen molar-refractivity contribution >= 4 is 46.8 Å². The second-order valence-electron chi connectivity index (χ2n) is 7.14. The fourth-order valence-corrected chi connectivity index (χ4v) is 3.49. The molecule has 0 heterocycles. The summed E-state index contributed by atoms with van der Waals surface area (Å²) in [6.07, 6.45) is 1.93. The highest BCUT2D eigenvalue weighted by molar-refractivity contribution is 7.98. The summed E-state index contributed by atoms with van der Waals surface area (Å²) < 4.78 is 0. The number of rotatable bonds is 8. The zero-order chi connectivity index (χ0) is 22.3. The van der Waals surface area contributed by atoms with Gasteiger partial charge in [0.1, 0.15) is 6.04 Å². The average Bonchev–Trinajstić information content (AvgIpc) is 2.71. The van der Waals surface area contributed by atoms with E-state index in [2.05, 4.69) is 10.6 Å². The Morgan fingerprint density at radius 3 is 2.30 bits per heavy atom. The van der Waals surface area contributed by atoms with Gasteiger partial charge in [0.2, 0.25) is 11.8 Å². The summed E-state index contributed by atoms with van der Waals surface area (Å²) in [5.41, 5.74) is 1.11. The van der Waals surface area contributed by atoms with E-state index < -0.39 is 6.04 Å². The van der Waals surface area contributed by atoms with Crippen LogP contribution in [0.3, 0.4) is 0 Å². The smallest absolute Gasteiger partial charge is 0.251 e. The van der Waals surface area contributed by atoms with Gasteiger partial charge in [0.15, 0.2) is 0 Å². The number of anilines is 1. The van der Waals surface area contributed by atoms with E-state index in [0.717, 1.165) is 4.90 Å². The molecular weight excluding hydrogens is 422 g/mol. The molecule has 0 saturated heterocycles. The fraction of sp³-hybridized carbons (Fsp3) is 0.318. The number of amides is 3. The highest BCUT2D eigenvalue weighted by Gasteiger charge is 2.28. The number of likely N-dealkylation sites (N-methyl/N-ethyl adjacent to an activating group) is 1. The van der Waals surface area contributed by atoms with Crippen LogP contribution < -0.4 is 10.6 Å². The molecule has 2 rings (SSSR count). The van der Waals surface area contributed by atoms with Crippen molar-refractivity contribution in [1.29, 1.82) is 0 Å². The summed E-state index contributed by atoms with van der Waals surface area (Å²) in [5.74, 6) is -1.17. The van der Waals surface area contributed by atoms with Gasteiger partial charge in [-0.25, -0.2) is 0 Å². The molecule has 1 unspecified atom stereocenters. The van der Waals surface area contributed by atoms with E-state index in [1.54, 1.807) is 31.3 Å². The van der Waals surface area contributed by atoms with Crippen LogP contribution in [0.25, 0.3) is 0 Å². The molecule has 3 amide bonds. The van der Waals surface area contributed by atoms with Crippen LogP contribution in [0.5, 0.6) is 0 Å². The maximum Gasteiger partial charge on any atom is 0.251 e. The van der Waals surface area contributed by atoms with Crippen LogP contribution in [0.15, 0.2) is 53.4 Å². The SMILES string of the molecule is CSc1ccccc1NC(=O)CN(C)C(=O)C(NC(=O)c1ccc(Cl)cc1)C(C)C. The van der Waals surface area contributed by atoms with Gasteiger partial charge in [0.25, 0.3) is 5.91 Å². The molecule has 0 spiro atoms. The van der Waals surface area contributed by atoms with E-state index in [0.29, 0.717) is 16.3 Å². The maximum atomic E-state index is 12.9. The molecule has 0 aliphatic rings. The Kier molecular flexibility index (Phi) is 8.74. The van der Waals surface area contributed by atoms with E-state index in [1.165, 1.54) is 16.7 Å². The first-order chi connectivity index (χ1) is 14.2. The van der Waals surface area contributed by atoms with Gasteiger partial charge in [-0.1, -0.05) is 37.6 Å². The van der Waals surface area contributed by atoms with Crippen LogP contribution in [0.2, 0.25) is 5.02 Å². The molecule has 0 saturated carbocycles. The molecule has 2 aromatic rings.